The molecule has 58 heavy (non-hydrogen) atoms. The van der Waals surface area contributed by atoms with E-state index in [0.29, 0.717) is 24.7 Å². The molecule has 2 aliphatic rings. The minimum atomic E-state index is -0.512. The van der Waals surface area contributed by atoms with Gasteiger partial charge < -0.3 is 19.1 Å². The standard InChI is InChI=1S/C49H91NO6S2/c1-6-8-10-20-30-44(54-46(51)34-32-42-26-16-12-17-27-42)40-57-38-24-14-22-36-50(48(53)56-49(3,4)5)37-23-15-25-39-58-41-45(31-21-11-9-7-2)55-47(52)35-33-43-28-18-13-19-29-43/h42-45H,6-41H2,1-5H3. The first-order valence-electron chi connectivity index (χ1n) is 24.6. The van der Waals surface area contributed by atoms with Crippen molar-refractivity contribution in [3.05, 3.63) is 0 Å². The molecule has 0 N–H and O–H groups in total. The average molecular weight is 854 g/mol. The highest BCUT2D eigenvalue weighted by molar-refractivity contribution is 7.99. The highest BCUT2D eigenvalue weighted by Crippen LogP contribution is 2.29. The molecule has 2 fully saturated rings. The number of nitrogens with zero attached hydrogens (tertiary/aromatic N) is 1. The van der Waals surface area contributed by atoms with Crippen LogP contribution in [-0.2, 0) is 23.8 Å². The van der Waals surface area contributed by atoms with Gasteiger partial charge in [0.1, 0.15) is 17.8 Å². The summed E-state index contributed by atoms with van der Waals surface area (Å²) >= 11 is 3.84. The van der Waals surface area contributed by atoms with Crippen LogP contribution in [0.4, 0.5) is 4.79 Å². The second-order valence-electron chi connectivity index (χ2n) is 18.7. The van der Waals surface area contributed by atoms with Gasteiger partial charge in [0, 0.05) is 37.4 Å². The SMILES string of the molecule is CCCCCCC(CSCCCCCN(CCCCCSCC(CCCCCC)OC(=O)CCC1CCCCC1)C(=O)OC(C)(C)C)OC(=O)CCC1CCCCC1. The van der Waals surface area contributed by atoms with Crippen LogP contribution in [0.5, 0.6) is 0 Å². The van der Waals surface area contributed by atoms with E-state index in [1.165, 1.54) is 103 Å². The van der Waals surface area contributed by atoms with Gasteiger partial charge in [-0.1, -0.05) is 129 Å². The maximum atomic E-state index is 13.2. The monoisotopic (exact) mass is 854 g/mol. The lowest BCUT2D eigenvalue weighted by Gasteiger charge is -2.27. The fraction of sp³-hybridized carbons (Fsp3) is 0.939. The van der Waals surface area contributed by atoms with Crippen molar-refractivity contribution in [1.82, 2.24) is 4.90 Å². The Kier molecular flexibility index (Phi) is 31.5. The van der Waals surface area contributed by atoms with E-state index < -0.39 is 5.60 Å². The highest BCUT2D eigenvalue weighted by Gasteiger charge is 2.23. The summed E-state index contributed by atoms with van der Waals surface area (Å²) in [7, 11) is 0. The van der Waals surface area contributed by atoms with Gasteiger partial charge in [0.25, 0.3) is 0 Å². The summed E-state index contributed by atoms with van der Waals surface area (Å²) in [5.41, 5.74) is -0.512. The normalized spacial score (nSPS) is 16.5. The third-order valence-electron chi connectivity index (χ3n) is 12.0. The molecule has 0 aliphatic heterocycles. The van der Waals surface area contributed by atoms with Gasteiger partial charge in [0.15, 0.2) is 0 Å². The smallest absolute Gasteiger partial charge is 0.410 e. The quantitative estimate of drug-likeness (QED) is 0.0360. The van der Waals surface area contributed by atoms with E-state index in [1.807, 2.05) is 49.2 Å². The first-order chi connectivity index (χ1) is 28.1. The lowest BCUT2D eigenvalue weighted by Crippen LogP contribution is -2.38. The molecule has 0 spiro atoms. The van der Waals surface area contributed by atoms with Crippen LogP contribution in [-0.4, -0.2) is 76.8 Å². The minimum Gasteiger partial charge on any atom is -0.461 e. The van der Waals surface area contributed by atoms with Gasteiger partial charge in [-0.25, -0.2) is 4.79 Å². The lowest BCUT2D eigenvalue weighted by molar-refractivity contribution is -0.149. The van der Waals surface area contributed by atoms with E-state index in [0.717, 1.165) is 113 Å². The zero-order valence-corrected chi connectivity index (χ0v) is 40.1. The molecule has 7 nitrogen and oxygen atoms in total. The Bertz CT molecular complexity index is 959. The van der Waals surface area contributed by atoms with Gasteiger partial charge in [-0.3, -0.25) is 9.59 Å². The van der Waals surface area contributed by atoms with E-state index in [4.69, 9.17) is 14.2 Å². The van der Waals surface area contributed by atoms with Crippen molar-refractivity contribution in [3.63, 3.8) is 0 Å². The number of rotatable bonds is 34. The maximum absolute atomic E-state index is 13.2. The summed E-state index contributed by atoms with van der Waals surface area (Å²) in [6.45, 7) is 11.7. The van der Waals surface area contributed by atoms with Crippen molar-refractivity contribution in [3.8, 4) is 0 Å². The van der Waals surface area contributed by atoms with E-state index in [2.05, 4.69) is 13.8 Å². The lowest BCUT2D eigenvalue weighted by atomic mass is 9.86. The van der Waals surface area contributed by atoms with Crippen LogP contribution in [0.2, 0.25) is 0 Å². The van der Waals surface area contributed by atoms with Gasteiger partial charge in [-0.05, 0) is 108 Å². The van der Waals surface area contributed by atoms with E-state index in [1.54, 1.807) is 0 Å². The number of hydrogen-bond acceptors (Lipinski definition) is 8. The largest absolute Gasteiger partial charge is 0.461 e. The van der Waals surface area contributed by atoms with Crippen LogP contribution < -0.4 is 0 Å². The minimum absolute atomic E-state index is 0.00663. The predicted molar refractivity (Wildman–Crippen MR) is 249 cm³/mol. The summed E-state index contributed by atoms with van der Waals surface area (Å²) in [5.74, 6) is 5.30. The van der Waals surface area contributed by atoms with Gasteiger partial charge in [0.2, 0.25) is 0 Å². The summed E-state index contributed by atoms with van der Waals surface area (Å²) in [4.78, 5) is 40.6. The Morgan fingerprint density at radius 2 is 0.983 bits per heavy atom. The highest BCUT2D eigenvalue weighted by atomic mass is 32.2. The van der Waals surface area contributed by atoms with Gasteiger partial charge >= 0.3 is 18.0 Å². The summed E-state index contributed by atoms with van der Waals surface area (Å²) in [6.07, 6.45) is 33.9. The zero-order valence-electron chi connectivity index (χ0n) is 38.5. The molecule has 2 atom stereocenters. The Labute approximate surface area is 366 Å². The number of carbonyl (C=O) groups is 3. The van der Waals surface area contributed by atoms with Crippen molar-refractivity contribution in [2.45, 2.75) is 245 Å². The number of carbonyl (C=O) groups excluding carboxylic acids is 3. The van der Waals surface area contributed by atoms with Crippen molar-refractivity contribution >= 4 is 41.6 Å². The second kappa shape index (κ2) is 34.5. The molecule has 0 bridgehead atoms. The average Bonchev–Trinajstić information content (AvgIpc) is 3.20. The van der Waals surface area contributed by atoms with Crippen LogP contribution in [0.25, 0.3) is 0 Å². The number of thioether (sulfide) groups is 2. The third kappa shape index (κ3) is 29.2. The van der Waals surface area contributed by atoms with Crippen LogP contribution in [0.1, 0.15) is 227 Å². The molecule has 9 heteroatoms. The number of hydrogen-bond donors (Lipinski definition) is 0. The van der Waals surface area contributed by atoms with Crippen LogP contribution >= 0.6 is 23.5 Å². The van der Waals surface area contributed by atoms with Crippen LogP contribution in [0.3, 0.4) is 0 Å². The first-order valence-corrected chi connectivity index (χ1v) is 26.9. The topological polar surface area (TPSA) is 82.1 Å². The second-order valence-corrected chi connectivity index (χ2v) is 21.0. The number of ether oxygens (including phenoxy) is 3. The van der Waals surface area contributed by atoms with Crippen molar-refractivity contribution in [2.75, 3.05) is 36.1 Å². The molecule has 2 saturated carbocycles. The summed E-state index contributed by atoms with van der Waals surface area (Å²) in [6, 6.07) is 0. The number of esters is 2. The van der Waals surface area contributed by atoms with Crippen molar-refractivity contribution in [1.29, 1.82) is 0 Å². The first kappa shape index (κ1) is 53.0. The Hall–Kier alpha value is -1.09. The molecular weight excluding hydrogens is 763 g/mol. The molecule has 0 heterocycles. The van der Waals surface area contributed by atoms with E-state index in [9.17, 15) is 14.4 Å². The molecule has 2 unspecified atom stereocenters. The fourth-order valence-electron chi connectivity index (χ4n) is 8.45. The third-order valence-corrected chi connectivity index (χ3v) is 14.4. The van der Waals surface area contributed by atoms with E-state index >= 15 is 0 Å². The molecule has 0 saturated heterocycles. The van der Waals surface area contributed by atoms with Gasteiger partial charge in [0.05, 0.1) is 0 Å². The molecular formula is C49H91NO6S2. The number of unbranched alkanes of at least 4 members (excludes halogenated alkanes) is 10. The van der Waals surface area contributed by atoms with Crippen LogP contribution in [0, 0.1) is 11.8 Å². The van der Waals surface area contributed by atoms with E-state index in [-0.39, 0.29) is 30.2 Å². The Morgan fingerprint density at radius 1 is 0.569 bits per heavy atom. The molecule has 2 aliphatic carbocycles. The van der Waals surface area contributed by atoms with Gasteiger partial charge in [-0.15, -0.1) is 0 Å². The zero-order chi connectivity index (χ0) is 42.1. The molecule has 2 rings (SSSR count). The van der Waals surface area contributed by atoms with Crippen LogP contribution in [0.15, 0.2) is 0 Å². The molecule has 0 radical (unpaired) electrons. The van der Waals surface area contributed by atoms with Crippen molar-refractivity contribution < 1.29 is 28.6 Å². The Balaban J connectivity index is 1.69. The summed E-state index contributed by atoms with van der Waals surface area (Å²) < 4.78 is 17.9. The molecule has 0 aromatic carbocycles. The fourth-order valence-corrected chi connectivity index (χ4v) is 10.6. The molecule has 1 amide bonds. The summed E-state index contributed by atoms with van der Waals surface area (Å²) in [5, 5.41) is 0. The van der Waals surface area contributed by atoms with Crippen molar-refractivity contribution in [2.24, 2.45) is 11.8 Å². The molecule has 340 valence electrons. The maximum Gasteiger partial charge on any atom is 0.410 e. The molecule has 0 aromatic rings. The Morgan fingerprint density at radius 3 is 1.38 bits per heavy atom. The molecule has 0 aromatic heterocycles. The van der Waals surface area contributed by atoms with Gasteiger partial charge in [-0.2, -0.15) is 23.5 Å². The number of amides is 1. The predicted octanol–water partition coefficient (Wildman–Crippen LogP) is 14.5.